The molecule has 1 atom stereocenters. The zero-order chi connectivity index (χ0) is 15.8. The fourth-order valence-corrected chi connectivity index (χ4v) is 8.46. The molecule has 6 rings (SSSR count). The lowest BCUT2D eigenvalue weighted by atomic mass is 10.00. The maximum absolute atomic E-state index is 11.8. The monoisotopic (exact) mass is 382 g/mol. The van der Waals surface area contributed by atoms with Gasteiger partial charge in [0.25, 0.3) is 0 Å². The van der Waals surface area contributed by atoms with E-state index in [1.165, 1.54) is 51.5 Å². The normalized spacial score (nSPS) is 18.2. The molecule has 2 aromatic carbocycles. The second kappa shape index (κ2) is 4.70. The lowest BCUT2D eigenvalue weighted by molar-refractivity contribution is 0.570. The lowest BCUT2D eigenvalue weighted by Gasteiger charge is -2.15. The zero-order valence-electron chi connectivity index (χ0n) is 12.3. The summed E-state index contributed by atoms with van der Waals surface area (Å²) in [5.41, 5.74) is 2.41. The van der Waals surface area contributed by atoms with Crippen LogP contribution in [0.2, 0.25) is 0 Å². The van der Waals surface area contributed by atoms with Gasteiger partial charge < -0.3 is 0 Å². The van der Waals surface area contributed by atoms with E-state index in [9.17, 15) is 4.79 Å². The van der Waals surface area contributed by atoms with E-state index in [-0.39, 0.29) is 0 Å². The summed E-state index contributed by atoms with van der Waals surface area (Å²) < 4.78 is 4.05. The largest absolute Gasteiger partial charge is 0.292 e. The summed E-state index contributed by atoms with van der Waals surface area (Å²) in [5, 5.41) is 15.3. The number of thiol groups is 1. The first-order valence-electron chi connectivity index (χ1n) is 7.53. The first-order chi connectivity index (χ1) is 11.9. The van der Waals surface area contributed by atoms with Gasteiger partial charge in [0.05, 0.1) is 0 Å². The first kappa shape index (κ1) is 13.6. The predicted molar refractivity (Wildman–Crippen MR) is 113 cm³/mol. The van der Waals surface area contributed by atoms with E-state index in [0.29, 0.717) is 0 Å². The molecule has 116 valence electrons. The Morgan fingerprint density at radius 2 is 1.38 bits per heavy atom. The maximum atomic E-state index is 11.8. The summed E-state index contributed by atoms with van der Waals surface area (Å²) >= 11 is 5.44. The fraction of sp³-hybridized carbons (Fsp3) is 0. The molecule has 4 heterocycles. The van der Waals surface area contributed by atoms with Gasteiger partial charge in [-0.05, 0) is 51.4 Å². The van der Waals surface area contributed by atoms with Crippen molar-refractivity contribution in [1.29, 1.82) is 0 Å². The van der Waals surface area contributed by atoms with Crippen LogP contribution in [-0.2, 0) is 4.79 Å². The van der Waals surface area contributed by atoms with Gasteiger partial charge in [-0.2, -0.15) is 0 Å². The third-order valence-electron chi connectivity index (χ3n) is 4.77. The molecule has 1 nitrogen and oxygen atoms in total. The molecule has 3 aromatic heterocycles. The SMILES string of the molecule is O=C[SH]1C=Cc2c1c1c3sccc3c3ccsc3c1c1sccc21. The molecule has 1 unspecified atom stereocenters. The van der Waals surface area contributed by atoms with Crippen LogP contribution in [0.1, 0.15) is 5.56 Å². The van der Waals surface area contributed by atoms with Gasteiger partial charge in [0, 0.05) is 45.9 Å². The van der Waals surface area contributed by atoms with Crippen LogP contribution in [0, 0.1) is 0 Å². The number of carbonyl (C=O) groups excluding carboxylic acids is 1. The van der Waals surface area contributed by atoms with Crippen molar-refractivity contribution in [2.75, 3.05) is 0 Å². The van der Waals surface area contributed by atoms with Gasteiger partial charge in [0.15, 0.2) is 5.62 Å². The number of hydrogen-bond acceptors (Lipinski definition) is 4. The zero-order valence-corrected chi connectivity index (χ0v) is 15.6. The van der Waals surface area contributed by atoms with Crippen molar-refractivity contribution in [2.45, 2.75) is 4.90 Å². The van der Waals surface area contributed by atoms with E-state index in [1.807, 2.05) is 22.7 Å². The minimum absolute atomic E-state index is 0.853. The van der Waals surface area contributed by atoms with Crippen molar-refractivity contribution in [2.24, 2.45) is 0 Å². The molecule has 1 aliphatic heterocycles. The molecule has 0 radical (unpaired) electrons. The third-order valence-corrected chi connectivity index (χ3v) is 9.25. The van der Waals surface area contributed by atoms with E-state index < -0.39 is 10.9 Å². The summed E-state index contributed by atoms with van der Waals surface area (Å²) in [6.45, 7) is 0. The van der Waals surface area contributed by atoms with Crippen molar-refractivity contribution in [3.63, 3.8) is 0 Å². The highest BCUT2D eigenvalue weighted by atomic mass is 32.2. The summed E-state index contributed by atoms with van der Waals surface area (Å²) in [4.78, 5) is 13.0. The standard InChI is InChI=1S/C19H10OS4/c20-9-24-8-4-13-12-3-7-22-17(12)14-15(19(13)24)18-11(2-6-23-18)10-1-5-21-16(10)14/h1-9,24H. The number of carbonyl (C=O) groups is 1. The Hall–Kier alpha value is -1.66. The van der Waals surface area contributed by atoms with Gasteiger partial charge in [0.1, 0.15) is 0 Å². The Balaban J connectivity index is 2.07. The molecule has 5 heteroatoms. The lowest BCUT2D eigenvalue weighted by Crippen LogP contribution is -1.87. The smallest absolute Gasteiger partial charge is 0.164 e. The topological polar surface area (TPSA) is 17.1 Å². The molecule has 1 aliphatic rings. The molecule has 0 saturated heterocycles. The molecule has 0 spiro atoms. The van der Waals surface area contributed by atoms with E-state index in [0.717, 1.165) is 5.62 Å². The fourth-order valence-electron chi connectivity index (χ4n) is 3.83. The third kappa shape index (κ3) is 1.49. The molecule has 5 aromatic rings. The molecule has 0 saturated carbocycles. The Kier molecular flexibility index (Phi) is 2.67. The predicted octanol–water partition coefficient (Wildman–Crippen LogP) is 7.02. The van der Waals surface area contributed by atoms with Crippen molar-refractivity contribution in [3.8, 4) is 0 Å². The van der Waals surface area contributed by atoms with E-state index in [1.54, 1.807) is 11.3 Å². The summed E-state index contributed by atoms with van der Waals surface area (Å²) in [5.74, 6) is 0. The van der Waals surface area contributed by atoms with Crippen molar-refractivity contribution in [3.05, 3.63) is 45.3 Å². The van der Waals surface area contributed by atoms with Crippen molar-refractivity contribution < 1.29 is 4.79 Å². The average molecular weight is 383 g/mol. The van der Waals surface area contributed by atoms with Crippen LogP contribution in [-0.4, -0.2) is 5.62 Å². The molecule has 0 amide bonds. The molecule has 0 bridgehead atoms. The minimum Gasteiger partial charge on any atom is -0.292 e. The van der Waals surface area contributed by atoms with Gasteiger partial charge >= 0.3 is 0 Å². The van der Waals surface area contributed by atoms with Crippen LogP contribution in [0.5, 0.6) is 0 Å². The Labute approximate surface area is 152 Å². The van der Waals surface area contributed by atoms with Crippen LogP contribution in [0.15, 0.2) is 44.6 Å². The number of rotatable bonds is 1. The van der Waals surface area contributed by atoms with Crippen LogP contribution in [0.25, 0.3) is 47.1 Å². The molecular formula is C19H10OS4. The molecular weight excluding hydrogens is 372 g/mol. The quantitative estimate of drug-likeness (QED) is 0.243. The maximum Gasteiger partial charge on any atom is 0.164 e. The van der Waals surface area contributed by atoms with Crippen LogP contribution in [0.4, 0.5) is 0 Å². The Bertz CT molecular complexity index is 1330. The van der Waals surface area contributed by atoms with Gasteiger partial charge in [-0.3, -0.25) is 4.79 Å². The first-order valence-corrected chi connectivity index (χ1v) is 11.7. The van der Waals surface area contributed by atoms with Gasteiger partial charge in [-0.1, -0.05) is 0 Å². The van der Waals surface area contributed by atoms with E-state index >= 15 is 0 Å². The van der Waals surface area contributed by atoms with Crippen LogP contribution in [0.3, 0.4) is 0 Å². The molecule has 24 heavy (non-hydrogen) atoms. The van der Waals surface area contributed by atoms with E-state index in [2.05, 4.69) is 45.8 Å². The second-order valence-corrected chi connectivity index (χ2v) is 10.3. The van der Waals surface area contributed by atoms with Crippen molar-refractivity contribution >= 4 is 97.6 Å². The van der Waals surface area contributed by atoms with Crippen LogP contribution < -0.4 is 0 Å². The van der Waals surface area contributed by atoms with Crippen molar-refractivity contribution in [1.82, 2.24) is 0 Å². The summed E-state index contributed by atoms with van der Waals surface area (Å²) in [7, 11) is -0.853. The number of thiophene rings is 3. The molecule has 0 N–H and O–H groups in total. The van der Waals surface area contributed by atoms with Gasteiger partial charge in [-0.15, -0.1) is 44.9 Å². The van der Waals surface area contributed by atoms with Gasteiger partial charge in [-0.25, -0.2) is 0 Å². The average Bonchev–Trinajstić information content (AvgIpc) is 3.37. The number of benzene rings is 2. The minimum atomic E-state index is -0.853. The molecule has 0 aliphatic carbocycles. The number of hydrogen-bond donors (Lipinski definition) is 1. The summed E-state index contributed by atoms with van der Waals surface area (Å²) in [6, 6.07) is 6.68. The summed E-state index contributed by atoms with van der Waals surface area (Å²) in [6.07, 6.45) is 2.17. The van der Waals surface area contributed by atoms with E-state index in [4.69, 9.17) is 0 Å². The number of fused-ring (bicyclic) bond motifs is 11. The molecule has 0 fully saturated rings. The highest BCUT2D eigenvalue weighted by Gasteiger charge is 2.25. The second-order valence-electron chi connectivity index (χ2n) is 5.83. The highest BCUT2D eigenvalue weighted by molar-refractivity contribution is 8.31. The van der Waals surface area contributed by atoms with Gasteiger partial charge in [0.2, 0.25) is 0 Å². The Morgan fingerprint density at radius 1 is 0.792 bits per heavy atom. The Morgan fingerprint density at radius 3 is 2.04 bits per heavy atom. The highest BCUT2D eigenvalue weighted by Crippen LogP contribution is 2.56. The van der Waals surface area contributed by atoms with Crippen LogP contribution >= 0.6 is 44.9 Å².